The zero-order chi connectivity index (χ0) is 14.6. The minimum atomic E-state index is -0.696. The van der Waals surface area contributed by atoms with Gasteiger partial charge in [-0.05, 0) is 30.5 Å². The number of hydrogen-bond donors (Lipinski definition) is 3. The summed E-state index contributed by atoms with van der Waals surface area (Å²) in [7, 11) is 0. The Labute approximate surface area is 123 Å². The van der Waals surface area contributed by atoms with E-state index in [-0.39, 0.29) is 6.61 Å². The van der Waals surface area contributed by atoms with Gasteiger partial charge in [0.15, 0.2) is 0 Å². The van der Waals surface area contributed by atoms with Crippen LogP contribution < -0.4 is 5.32 Å². The van der Waals surface area contributed by atoms with E-state index in [0.717, 1.165) is 12.1 Å². The average Bonchev–Trinajstić information content (AvgIpc) is 2.49. The summed E-state index contributed by atoms with van der Waals surface area (Å²) in [5, 5.41) is 21.1. The van der Waals surface area contributed by atoms with E-state index < -0.39 is 6.10 Å². The molecule has 0 spiro atoms. The van der Waals surface area contributed by atoms with Crippen molar-refractivity contribution in [3.63, 3.8) is 0 Å². The average molecular weight is 279 g/mol. The van der Waals surface area contributed by atoms with E-state index in [9.17, 15) is 5.11 Å². The first-order chi connectivity index (χ1) is 9.76. The van der Waals surface area contributed by atoms with Crippen molar-refractivity contribution in [3.8, 4) is 0 Å². The van der Waals surface area contributed by atoms with Gasteiger partial charge in [0.2, 0.25) is 0 Å². The number of hydrogen-bond acceptors (Lipinski definition) is 3. The standard InChI is InChI=1S/C17H29NO2/c1-2-3-4-5-6-7-8-15-9-11-16(12-10-15)18-13-17(20)14-19/h9-12,17-20H,2-8,13-14H2,1H3. The monoisotopic (exact) mass is 279 g/mol. The van der Waals surface area contributed by atoms with E-state index in [0.29, 0.717) is 6.54 Å². The van der Waals surface area contributed by atoms with Crippen LogP contribution in [0, 0.1) is 0 Å². The van der Waals surface area contributed by atoms with Crippen molar-refractivity contribution in [2.24, 2.45) is 0 Å². The van der Waals surface area contributed by atoms with Crippen LogP contribution in [0.2, 0.25) is 0 Å². The molecule has 1 rings (SSSR count). The zero-order valence-electron chi connectivity index (χ0n) is 12.6. The van der Waals surface area contributed by atoms with Gasteiger partial charge >= 0.3 is 0 Å². The Bertz CT molecular complexity index is 337. The van der Waals surface area contributed by atoms with Crippen LogP contribution in [-0.2, 0) is 6.42 Å². The lowest BCUT2D eigenvalue weighted by Gasteiger charge is -2.10. The molecule has 0 aliphatic rings. The van der Waals surface area contributed by atoms with Gasteiger partial charge in [-0.25, -0.2) is 0 Å². The second kappa shape index (κ2) is 10.7. The highest BCUT2D eigenvalue weighted by Gasteiger charge is 2.01. The van der Waals surface area contributed by atoms with Crippen LogP contribution in [0.3, 0.4) is 0 Å². The van der Waals surface area contributed by atoms with Gasteiger partial charge in [0.1, 0.15) is 0 Å². The molecule has 3 nitrogen and oxygen atoms in total. The molecule has 1 aromatic carbocycles. The fourth-order valence-electron chi connectivity index (χ4n) is 2.20. The quantitative estimate of drug-likeness (QED) is 0.544. The highest BCUT2D eigenvalue weighted by molar-refractivity contribution is 5.44. The SMILES string of the molecule is CCCCCCCCc1ccc(NCC(O)CO)cc1. The fourth-order valence-corrected chi connectivity index (χ4v) is 2.20. The van der Waals surface area contributed by atoms with Crippen LogP contribution in [0.25, 0.3) is 0 Å². The lowest BCUT2D eigenvalue weighted by Crippen LogP contribution is -2.22. The van der Waals surface area contributed by atoms with Crippen molar-refractivity contribution in [3.05, 3.63) is 29.8 Å². The summed E-state index contributed by atoms with van der Waals surface area (Å²) in [5.74, 6) is 0. The lowest BCUT2D eigenvalue weighted by molar-refractivity contribution is 0.105. The maximum Gasteiger partial charge on any atom is 0.0942 e. The predicted octanol–water partition coefficient (Wildman–Crippen LogP) is 3.35. The van der Waals surface area contributed by atoms with Gasteiger partial charge in [-0.1, -0.05) is 51.2 Å². The molecule has 0 aromatic heterocycles. The molecule has 0 aliphatic carbocycles. The topological polar surface area (TPSA) is 52.5 Å². The first kappa shape index (κ1) is 17.0. The van der Waals surface area contributed by atoms with Crippen LogP contribution in [0.4, 0.5) is 5.69 Å². The molecule has 3 N–H and O–H groups in total. The number of aliphatic hydroxyl groups excluding tert-OH is 2. The summed E-state index contributed by atoms with van der Waals surface area (Å²) in [5.41, 5.74) is 2.36. The number of anilines is 1. The molecular formula is C17H29NO2. The fraction of sp³-hybridized carbons (Fsp3) is 0.647. The molecule has 0 fully saturated rings. The lowest BCUT2D eigenvalue weighted by atomic mass is 10.0. The van der Waals surface area contributed by atoms with Gasteiger partial charge in [-0.3, -0.25) is 0 Å². The number of unbranched alkanes of at least 4 members (excludes halogenated alkanes) is 5. The number of aryl methyl sites for hydroxylation is 1. The number of nitrogens with one attached hydrogen (secondary N) is 1. The second-order valence-electron chi connectivity index (χ2n) is 5.43. The van der Waals surface area contributed by atoms with E-state index >= 15 is 0 Å². The maximum absolute atomic E-state index is 9.27. The first-order valence-corrected chi connectivity index (χ1v) is 7.88. The molecule has 0 saturated carbocycles. The van der Waals surface area contributed by atoms with Crippen molar-refractivity contribution >= 4 is 5.69 Å². The summed E-state index contributed by atoms with van der Waals surface area (Å²) in [6, 6.07) is 8.35. The summed E-state index contributed by atoms with van der Waals surface area (Å²) >= 11 is 0. The third kappa shape index (κ3) is 7.51. The Hall–Kier alpha value is -1.06. The van der Waals surface area contributed by atoms with Gasteiger partial charge in [0.25, 0.3) is 0 Å². The number of aliphatic hydroxyl groups is 2. The van der Waals surface area contributed by atoms with Crippen LogP contribution >= 0.6 is 0 Å². The third-order valence-corrected chi connectivity index (χ3v) is 3.53. The van der Waals surface area contributed by atoms with Crippen molar-refractivity contribution in [2.45, 2.75) is 58.0 Å². The van der Waals surface area contributed by atoms with Crippen molar-refractivity contribution in [2.75, 3.05) is 18.5 Å². The molecule has 3 heteroatoms. The normalized spacial score (nSPS) is 12.3. The van der Waals surface area contributed by atoms with Gasteiger partial charge in [-0.15, -0.1) is 0 Å². The van der Waals surface area contributed by atoms with Gasteiger partial charge in [-0.2, -0.15) is 0 Å². The molecule has 114 valence electrons. The highest BCUT2D eigenvalue weighted by Crippen LogP contribution is 2.13. The van der Waals surface area contributed by atoms with Gasteiger partial charge in [0.05, 0.1) is 12.7 Å². The largest absolute Gasteiger partial charge is 0.394 e. The summed E-state index contributed by atoms with van der Waals surface area (Å²) in [6.45, 7) is 2.42. The molecule has 1 atom stereocenters. The summed E-state index contributed by atoms with van der Waals surface area (Å²) in [6.07, 6.45) is 8.42. The molecule has 0 radical (unpaired) electrons. The van der Waals surface area contributed by atoms with E-state index in [1.807, 2.05) is 12.1 Å². The molecular weight excluding hydrogens is 250 g/mol. The highest BCUT2D eigenvalue weighted by atomic mass is 16.3. The Morgan fingerprint density at radius 3 is 2.30 bits per heavy atom. The van der Waals surface area contributed by atoms with E-state index in [1.165, 1.54) is 44.1 Å². The molecule has 0 aliphatic heterocycles. The number of rotatable bonds is 11. The van der Waals surface area contributed by atoms with Crippen LogP contribution in [-0.4, -0.2) is 29.5 Å². The van der Waals surface area contributed by atoms with Crippen LogP contribution in [0.1, 0.15) is 51.0 Å². The van der Waals surface area contributed by atoms with E-state index in [2.05, 4.69) is 24.4 Å². The van der Waals surface area contributed by atoms with Crippen LogP contribution in [0.15, 0.2) is 24.3 Å². The Morgan fingerprint density at radius 2 is 1.65 bits per heavy atom. The summed E-state index contributed by atoms with van der Waals surface area (Å²) in [4.78, 5) is 0. The Balaban J connectivity index is 2.18. The van der Waals surface area contributed by atoms with Crippen molar-refractivity contribution < 1.29 is 10.2 Å². The molecule has 0 heterocycles. The van der Waals surface area contributed by atoms with Gasteiger partial charge < -0.3 is 15.5 Å². The maximum atomic E-state index is 9.27. The van der Waals surface area contributed by atoms with E-state index in [1.54, 1.807) is 0 Å². The number of benzene rings is 1. The smallest absolute Gasteiger partial charge is 0.0942 e. The van der Waals surface area contributed by atoms with Crippen molar-refractivity contribution in [1.82, 2.24) is 0 Å². The molecule has 20 heavy (non-hydrogen) atoms. The van der Waals surface area contributed by atoms with Crippen LogP contribution in [0.5, 0.6) is 0 Å². The minimum Gasteiger partial charge on any atom is -0.394 e. The molecule has 0 bridgehead atoms. The predicted molar refractivity (Wildman–Crippen MR) is 85.1 cm³/mol. The Kier molecular flexibility index (Phi) is 9.09. The van der Waals surface area contributed by atoms with E-state index in [4.69, 9.17) is 5.11 Å². The Morgan fingerprint density at radius 1 is 1.00 bits per heavy atom. The third-order valence-electron chi connectivity index (χ3n) is 3.53. The first-order valence-electron chi connectivity index (χ1n) is 7.88. The van der Waals surface area contributed by atoms with Crippen molar-refractivity contribution in [1.29, 1.82) is 0 Å². The molecule has 1 unspecified atom stereocenters. The zero-order valence-corrected chi connectivity index (χ0v) is 12.6. The molecule has 1 aromatic rings. The summed E-state index contributed by atoms with van der Waals surface area (Å²) < 4.78 is 0. The minimum absolute atomic E-state index is 0.205. The second-order valence-corrected chi connectivity index (χ2v) is 5.43. The van der Waals surface area contributed by atoms with Gasteiger partial charge in [0, 0.05) is 12.2 Å². The molecule has 0 saturated heterocycles. The molecule has 0 amide bonds.